The van der Waals surface area contributed by atoms with Crippen molar-refractivity contribution in [3.05, 3.63) is 81.0 Å². The number of hydrogen-bond donors (Lipinski definition) is 2. The lowest BCUT2D eigenvalue weighted by Crippen LogP contribution is -2.39. The SMILES string of the molecule is CS(=O)c1ccc[n+]([O-])c1CNC(=O)Cn1c(Cl)cnc(NCC(F)(F)c2ccccn2)c1=O. The molecule has 3 aromatic heterocycles. The number of anilines is 1. The number of carbonyl (C=O) groups excluding carboxylic acids is 1. The number of amides is 1. The van der Waals surface area contributed by atoms with Crippen molar-refractivity contribution in [2.24, 2.45) is 0 Å². The Morgan fingerprint density at radius 3 is 2.74 bits per heavy atom. The first kappa shape index (κ1) is 25.2. The molecular weight excluding hydrogens is 494 g/mol. The summed E-state index contributed by atoms with van der Waals surface area (Å²) in [5.41, 5.74) is -1.31. The third-order valence-electron chi connectivity index (χ3n) is 4.61. The molecule has 3 aromatic rings. The van der Waals surface area contributed by atoms with E-state index < -0.39 is 52.8 Å². The van der Waals surface area contributed by atoms with Gasteiger partial charge in [-0.2, -0.15) is 13.5 Å². The standard InChI is InChI=1S/C20H19ClF2N6O4S/c1-34(33)14-5-4-8-29(32)13(14)9-25-17(30)11-28-16(21)10-26-18(19(28)31)27-12-20(22,23)15-6-2-3-7-24-15/h2-8,10H,9,11-12H2,1H3,(H,25,30)(H,26,27). The normalized spacial score (nSPS) is 12.2. The number of halogens is 3. The van der Waals surface area contributed by atoms with Crippen molar-refractivity contribution in [1.82, 2.24) is 19.9 Å². The number of nitrogens with one attached hydrogen (secondary N) is 2. The van der Waals surface area contributed by atoms with Gasteiger partial charge >= 0.3 is 5.92 Å². The molecular formula is C20H19ClF2N6O4S. The summed E-state index contributed by atoms with van der Waals surface area (Å²) in [5.74, 6) is -4.52. The monoisotopic (exact) mass is 512 g/mol. The lowest BCUT2D eigenvalue weighted by atomic mass is 10.2. The van der Waals surface area contributed by atoms with E-state index in [2.05, 4.69) is 20.6 Å². The third kappa shape index (κ3) is 5.91. The molecule has 0 spiro atoms. The molecule has 1 atom stereocenters. The average molecular weight is 513 g/mol. The van der Waals surface area contributed by atoms with E-state index in [0.29, 0.717) is 4.73 Å². The van der Waals surface area contributed by atoms with E-state index in [9.17, 15) is 27.8 Å². The molecule has 1 unspecified atom stereocenters. The molecule has 1 amide bonds. The Morgan fingerprint density at radius 2 is 2.06 bits per heavy atom. The number of alkyl halides is 2. The van der Waals surface area contributed by atoms with Gasteiger partial charge in [-0.1, -0.05) is 17.7 Å². The summed E-state index contributed by atoms with van der Waals surface area (Å²) < 4.78 is 41.8. The maximum Gasteiger partial charge on any atom is 0.306 e. The molecule has 0 aliphatic rings. The Hall–Kier alpha value is -3.45. The predicted octanol–water partition coefficient (Wildman–Crippen LogP) is 1.18. The third-order valence-corrected chi connectivity index (χ3v) is 5.90. The predicted molar refractivity (Wildman–Crippen MR) is 120 cm³/mol. The minimum Gasteiger partial charge on any atom is -0.618 e. The number of carbonyl (C=O) groups is 1. The molecule has 0 saturated carbocycles. The maximum absolute atomic E-state index is 14.3. The van der Waals surface area contributed by atoms with Crippen LogP contribution in [0.1, 0.15) is 11.4 Å². The molecule has 3 heterocycles. The molecule has 0 aliphatic heterocycles. The molecule has 0 aliphatic carbocycles. The summed E-state index contributed by atoms with van der Waals surface area (Å²) in [6.45, 7) is -1.78. The molecule has 34 heavy (non-hydrogen) atoms. The summed E-state index contributed by atoms with van der Waals surface area (Å²) in [6, 6.07) is 6.98. The Balaban J connectivity index is 1.71. The number of aromatic nitrogens is 4. The number of nitrogens with zero attached hydrogens (tertiary/aromatic N) is 4. The first-order valence-electron chi connectivity index (χ1n) is 9.70. The van der Waals surface area contributed by atoms with Crippen molar-refractivity contribution >= 4 is 34.1 Å². The van der Waals surface area contributed by atoms with Gasteiger partial charge < -0.3 is 15.8 Å². The fourth-order valence-electron chi connectivity index (χ4n) is 2.91. The molecule has 10 nitrogen and oxygen atoms in total. The zero-order chi connectivity index (χ0) is 24.9. The highest BCUT2D eigenvalue weighted by atomic mass is 35.5. The van der Waals surface area contributed by atoms with E-state index in [-0.39, 0.29) is 22.3 Å². The van der Waals surface area contributed by atoms with Gasteiger partial charge in [0.25, 0.3) is 5.56 Å². The van der Waals surface area contributed by atoms with E-state index in [1.165, 1.54) is 42.9 Å². The molecule has 0 radical (unpaired) electrons. The summed E-state index contributed by atoms with van der Waals surface area (Å²) in [5, 5.41) is 16.5. The quantitative estimate of drug-likeness (QED) is 0.325. The Kier molecular flexibility index (Phi) is 7.89. The summed E-state index contributed by atoms with van der Waals surface area (Å²) in [6.07, 6.45) is 4.85. The van der Waals surface area contributed by atoms with Gasteiger partial charge in [0.15, 0.2) is 12.0 Å². The van der Waals surface area contributed by atoms with Crippen LogP contribution in [0.25, 0.3) is 0 Å². The number of pyridine rings is 2. The first-order valence-corrected chi connectivity index (χ1v) is 11.6. The van der Waals surface area contributed by atoms with E-state index in [4.69, 9.17) is 11.6 Å². The van der Waals surface area contributed by atoms with Crippen molar-refractivity contribution in [3.8, 4) is 0 Å². The van der Waals surface area contributed by atoms with Gasteiger partial charge in [-0.25, -0.2) is 4.98 Å². The second-order valence-corrected chi connectivity index (χ2v) is 8.70. The molecule has 0 bridgehead atoms. The van der Waals surface area contributed by atoms with Gasteiger partial charge in [-0.05, 0) is 18.2 Å². The fourth-order valence-corrected chi connectivity index (χ4v) is 3.86. The van der Waals surface area contributed by atoms with Crippen LogP contribution in [0.5, 0.6) is 0 Å². The van der Waals surface area contributed by atoms with E-state index in [1.807, 2.05) is 0 Å². The van der Waals surface area contributed by atoms with Gasteiger partial charge in [0.1, 0.15) is 28.8 Å². The number of rotatable bonds is 9. The topological polar surface area (TPSA) is 133 Å². The van der Waals surface area contributed by atoms with Crippen LogP contribution in [-0.2, 0) is 34.6 Å². The lowest BCUT2D eigenvalue weighted by Gasteiger charge is -2.17. The smallest absolute Gasteiger partial charge is 0.306 e. The highest BCUT2D eigenvalue weighted by Gasteiger charge is 2.33. The largest absolute Gasteiger partial charge is 0.618 e. The second-order valence-electron chi connectivity index (χ2n) is 6.97. The van der Waals surface area contributed by atoms with Crippen LogP contribution >= 0.6 is 11.6 Å². The van der Waals surface area contributed by atoms with Gasteiger partial charge in [0.05, 0.1) is 23.5 Å². The van der Waals surface area contributed by atoms with Gasteiger partial charge in [-0.3, -0.25) is 23.3 Å². The van der Waals surface area contributed by atoms with E-state index >= 15 is 0 Å². The molecule has 14 heteroatoms. The maximum atomic E-state index is 14.3. The van der Waals surface area contributed by atoms with E-state index in [1.54, 1.807) is 0 Å². The summed E-state index contributed by atoms with van der Waals surface area (Å²) in [4.78, 5) is 32.7. The van der Waals surface area contributed by atoms with Gasteiger partial charge in [-0.15, -0.1) is 0 Å². The summed E-state index contributed by atoms with van der Waals surface area (Å²) in [7, 11) is -1.47. The van der Waals surface area contributed by atoms with Crippen molar-refractivity contribution in [2.45, 2.75) is 23.9 Å². The molecule has 0 aromatic carbocycles. The molecule has 0 saturated heterocycles. The zero-order valence-corrected chi connectivity index (χ0v) is 19.3. The lowest BCUT2D eigenvalue weighted by molar-refractivity contribution is -0.616. The van der Waals surface area contributed by atoms with Crippen LogP contribution in [-0.4, -0.2) is 37.5 Å². The first-order chi connectivity index (χ1) is 16.1. The van der Waals surface area contributed by atoms with Crippen LogP contribution < -0.4 is 20.9 Å². The average Bonchev–Trinajstić information content (AvgIpc) is 2.80. The Labute approximate surface area is 199 Å². The minimum atomic E-state index is -3.39. The van der Waals surface area contributed by atoms with Crippen LogP contribution in [0, 0.1) is 5.21 Å². The van der Waals surface area contributed by atoms with Crippen LogP contribution in [0.3, 0.4) is 0 Å². The molecule has 180 valence electrons. The minimum absolute atomic E-state index is 0.0731. The van der Waals surface area contributed by atoms with Crippen molar-refractivity contribution in [2.75, 3.05) is 18.1 Å². The Morgan fingerprint density at radius 1 is 1.29 bits per heavy atom. The van der Waals surface area contributed by atoms with Crippen molar-refractivity contribution in [1.29, 1.82) is 0 Å². The van der Waals surface area contributed by atoms with Crippen LogP contribution in [0.15, 0.2) is 58.6 Å². The summed E-state index contributed by atoms with van der Waals surface area (Å²) >= 11 is 5.98. The molecule has 2 N–H and O–H groups in total. The van der Waals surface area contributed by atoms with Crippen molar-refractivity contribution in [3.63, 3.8) is 0 Å². The van der Waals surface area contributed by atoms with Gasteiger partial charge in [0, 0.05) is 18.5 Å². The van der Waals surface area contributed by atoms with Crippen LogP contribution in [0.4, 0.5) is 14.6 Å². The van der Waals surface area contributed by atoms with E-state index in [0.717, 1.165) is 16.8 Å². The molecule has 3 rings (SSSR count). The highest BCUT2D eigenvalue weighted by molar-refractivity contribution is 7.84. The Bertz CT molecular complexity index is 1280. The number of hydrogen-bond acceptors (Lipinski definition) is 7. The van der Waals surface area contributed by atoms with Crippen LogP contribution in [0.2, 0.25) is 5.15 Å². The van der Waals surface area contributed by atoms with Gasteiger partial charge in [0.2, 0.25) is 11.6 Å². The zero-order valence-electron chi connectivity index (χ0n) is 17.7. The second kappa shape index (κ2) is 10.7. The highest BCUT2D eigenvalue weighted by Crippen LogP contribution is 2.25. The fraction of sp³-hybridized carbons (Fsp3) is 0.250. The van der Waals surface area contributed by atoms with Crippen molar-refractivity contribution < 1.29 is 22.5 Å². The molecule has 0 fully saturated rings.